The Labute approximate surface area is 173 Å². The van der Waals surface area contributed by atoms with Crippen molar-refractivity contribution in [2.75, 3.05) is 5.88 Å². The van der Waals surface area contributed by atoms with E-state index in [9.17, 15) is 0 Å². The van der Waals surface area contributed by atoms with Crippen LogP contribution in [0.3, 0.4) is 0 Å². The van der Waals surface area contributed by atoms with Gasteiger partial charge in [0.15, 0.2) is 0 Å². The zero-order valence-corrected chi connectivity index (χ0v) is 17.4. The van der Waals surface area contributed by atoms with Gasteiger partial charge in [0, 0.05) is 17.6 Å². The summed E-state index contributed by atoms with van der Waals surface area (Å²) in [6.45, 7) is 1.76. The molecule has 0 amide bonds. The molecule has 4 rings (SSSR count). The van der Waals surface area contributed by atoms with Crippen LogP contribution in [0.1, 0.15) is 16.7 Å². The van der Waals surface area contributed by atoms with Gasteiger partial charge in [-0.05, 0) is 34.2 Å². The van der Waals surface area contributed by atoms with Crippen molar-refractivity contribution in [2.45, 2.75) is 13.1 Å². The van der Waals surface area contributed by atoms with Gasteiger partial charge in [-0.15, -0.1) is 11.8 Å². The first-order chi connectivity index (χ1) is 13.3. The summed E-state index contributed by atoms with van der Waals surface area (Å²) >= 11 is 5.39. The minimum atomic E-state index is 0.879. The van der Waals surface area contributed by atoms with E-state index in [1.54, 1.807) is 0 Å². The maximum atomic E-state index is 3.54. The Bertz CT molecular complexity index is 853. The summed E-state index contributed by atoms with van der Waals surface area (Å²) in [4.78, 5) is 0. The Kier molecular flexibility index (Phi) is 5.97. The average molecular weight is 437 g/mol. The van der Waals surface area contributed by atoms with Gasteiger partial charge in [-0.3, -0.25) is 5.01 Å². The van der Waals surface area contributed by atoms with Crippen molar-refractivity contribution < 1.29 is 0 Å². The third-order valence-corrected chi connectivity index (χ3v) is 5.88. The molecule has 27 heavy (non-hydrogen) atoms. The van der Waals surface area contributed by atoms with Crippen molar-refractivity contribution in [1.82, 2.24) is 10.0 Å². The molecular weight excluding hydrogens is 416 g/mol. The summed E-state index contributed by atoms with van der Waals surface area (Å²) in [6.07, 6.45) is 0. The lowest BCUT2D eigenvalue weighted by Gasteiger charge is -2.35. The summed E-state index contributed by atoms with van der Waals surface area (Å²) < 4.78 is 1.11. The zero-order chi connectivity index (χ0) is 18.5. The van der Waals surface area contributed by atoms with Crippen molar-refractivity contribution in [3.05, 3.63) is 112 Å². The Morgan fingerprint density at radius 3 is 1.89 bits per heavy atom. The van der Waals surface area contributed by atoms with Gasteiger partial charge in [0.25, 0.3) is 0 Å². The number of rotatable bonds is 6. The van der Waals surface area contributed by atoms with Crippen LogP contribution in [-0.2, 0) is 13.1 Å². The predicted molar refractivity (Wildman–Crippen MR) is 119 cm³/mol. The minimum Gasteiger partial charge on any atom is -0.294 e. The van der Waals surface area contributed by atoms with Crippen molar-refractivity contribution in [1.29, 1.82) is 0 Å². The highest BCUT2D eigenvalue weighted by atomic mass is 79.9. The average Bonchev–Trinajstić information content (AvgIpc) is 3.19. The van der Waals surface area contributed by atoms with E-state index in [2.05, 4.69) is 116 Å². The molecule has 0 aromatic heterocycles. The highest BCUT2D eigenvalue weighted by Crippen LogP contribution is 2.34. The minimum absolute atomic E-state index is 0.879. The predicted octanol–water partition coefficient (Wildman–Crippen LogP) is 6.37. The van der Waals surface area contributed by atoms with Crippen LogP contribution >= 0.6 is 27.7 Å². The highest BCUT2D eigenvalue weighted by Gasteiger charge is 2.24. The molecule has 0 fully saturated rings. The van der Waals surface area contributed by atoms with E-state index in [1.165, 1.54) is 22.4 Å². The molecule has 0 bridgehead atoms. The molecule has 2 nitrogen and oxygen atoms in total. The lowest BCUT2D eigenvalue weighted by atomic mass is 10.1. The number of hydrogen-bond donors (Lipinski definition) is 0. The molecular formula is C23H21BrN2S. The van der Waals surface area contributed by atoms with E-state index < -0.39 is 0 Å². The van der Waals surface area contributed by atoms with Crippen molar-refractivity contribution in [2.24, 2.45) is 0 Å². The molecule has 1 heterocycles. The SMILES string of the molecule is Brc1ccc(C2=CSCN2N(Cc2ccccc2)Cc2ccccc2)cc1. The maximum absolute atomic E-state index is 3.54. The van der Waals surface area contributed by atoms with Crippen LogP contribution in [0.15, 0.2) is 94.8 Å². The number of hydrogen-bond acceptors (Lipinski definition) is 3. The van der Waals surface area contributed by atoms with Gasteiger partial charge in [-0.2, -0.15) is 0 Å². The third-order valence-electron chi connectivity index (χ3n) is 4.57. The molecule has 0 radical (unpaired) electrons. The van der Waals surface area contributed by atoms with Crippen LogP contribution in [0.4, 0.5) is 0 Å². The summed E-state index contributed by atoms with van der Waals surface area (Å²) in [7, 11) is 0. The van der Waals surface area contributed by atoms with Crippen LogP contribution in [0.5, 0.6) is 0 Å². The Hall–Kier alpha value is -2.01. The fourth-order valence-electron chi connectivity index (χ4n) is 3.20. The van der Waals surface area contributed by atoms with E-state index in [4.69, 9.17) is 0 Å². The molecule has 3 aromatic rings. The number of hydrazine groups is 1. The van der Waals surface area contributed by atoms with E-state index >= 15 is 0 Å². The van der Waals surface area contributed by atoms with Gasteiger partial charge >= 0.3 is 0 Å². The third kappa shape index (κ3) is 4.64. The van der Waals surface area contributed by atoms with E-state index in [0.717, 1.165) is 23.4 Å². The summed E-state index contributed by atoms with van der Waals surface area (Å²) in [5.74, 6) is 0.936. The first kappa shape index (κ1) is 18.4. The molecule has 1 aliphatic rings. The Balaban J connectivity index is 1.62. The van der Waals surface area contributed by atoms with Crippen molar-refractivity contribution in [3.63, 3.8) is 0 Å². The Morgan fingerprint density at radius 1 is 0.778 bits per heavy atom. The van der Waals surface area contributed by atoms with Crippen LogP contribution < -0.4 is 0 Å². The lowest BCUT2D eigenvalue weighted by molar-refractivity contribution is 0.0358. The van der Waals surface area contributed by atoms with Gasteiger partial charge in [0.05, 0.1) is 11.6 Å². The van der Waals surface area contributed by atoms with Crippen LogP contribution in [0.2, 0.25) is 0 Å². The first-order valence-electron chi connectivity index (χ1n) is 8.97. The largest absolute Gasteiger partial charge is 0.294 e. The molecule has 0 saturated carbocycles. The van der Waals surface area contributed by atoms with Crippen LogP contribution in [0.25, 0.3) is 5.70 Å². The molecule has 4 heteroatoms. The highest BCUT2D eigenvalue weighted by molar-refractivity contribution is 9.10. The molecule has 0 atom stereocenters. The molecule has 0 spiro atoms. The smallest absolute Gasteiger partial charge is 0.0843 e. The standard InChI is InChI=1S/C23H21BrN2S/c24-22-13-11-21(12-14-22)23-17-27-18-26(23)25(15-19-7-3-1-4-8-19)16-20-9-5-2-6-10-20/h1-14,17H,15-16,18H2. The van der Waals surface area contributed by atoms with Crippen molar-refractivity contribution >= 4 is 33.4 Å². The fourth-order valence-corrected chi connectivity index (χ4v) is 4.40. The van der Waals surface area contributed by atoms with E-state index in [1.807, 2.05) is 11.8 Å². The quantitative estimate of drug-likeness (QED) is 0.442. The van der Waals surface area contributed by atoms with Gasteiger partial charge < -0.3 is 0 Å². The second-order valence-corrected chi connectivity index (χ2v) is 8.24. The van der Waals surface area contributed by atoms with E-state index in [-0.39, 0.29) is 0 Å². The lowest BCUT2D eigenvalue weighted by Crippen LogP contribution is -2.38. The molecule has 0 aliphatic carbocycles. The second-order valence-electron chi connectivity index (χ2n) is 6.50. The van der Waals surface area contributed by atoms with Gasteiger partial charge in [-0.1, -0.05) is 88.7 Å². The molecule has 0 N–H and O–H groups in total. The maximum Gasteiger partial charge on any atom is 0.0843 e. The topological polar surface area (TPSA) is 6.48 Å². The molecule has 1 aliphatic heterocycles. The van der Waals surface area contributed by atoms with Crippen LogP contribution in [0, 0.1) is 0 Å². The van der Waals surface area contributed by atoms with Gasteiger partial charge in [-0.25, -0.2) is 5.01 Å². The molecule has 136 valence electrons. The number of nitrogens with zero attached hydrogens (tertiary/aromatic N) is 2. The number of benzene rings is 3. The first-order valence-corrected chi connectivity index (χ1v) is 10.8. The monoisotopic (exact) mass is 436 g/mol. The number of halogens is 1. The summed E-state index contributed by atoms with van der Waals surface area (Å²) in [5, 5.41) is 7.12. The fraction of sp³-hybridized carbons (Fsp3) is 0.130. The Morgan fingerprint density at radius 2 is 1.33 bits per heavy atom. The summed E-state index contributed by atoms with van der Waals surface area (Å²) in [5.41, 5.74) is 5.15. The zero-order valence-electron chi connectivity index (χ0n) is 15.0. The normalized spacial score (nSPS) is 13.9. The van der Waals surface area contributed by atoms with Crippen LogP contribution in [-0.4, -0.2) is 15.9 Å². The molecule has 0 unspecified atom stereocenters. The number of thioether (sulfide) groups is 1. The second kappa shape index (κ2) is 8.79. The molecule has 0 saturated heterocycles. The summed E-state index contributed by atoms with van der Waals surface area (Å²) in [6, 6.07) is 30.0. The van der Waals surface area contributed by atoms with Crippen molar-refractivity contribution in [3.8, 4) is 0 Å². The van der Waals surface area contributed by atoms with E-state index in [0.29, 0.717) is 0 Å². The molecule has 3 aromatic carbocycles. The van der Waals surface area contributed by atoms with Gasteiger partial charge in [0.2, 0.25) is 0 Å². The van der Waals surface area contributed by atoms with Gasteiger partial charge in [0.1, 0.15) is 0 Å².